The van der Waals surface area contributed by atoms with E-state index in [0.717, 1.165) is 24.5 Å². The third-order valence-corrected chi connectivity index (χ3v) is 4.78. The zero-order valence-electron chi connectivity index (χ0n) is 10.2. The number of carbonyl (C=O) groups is 2. The Morgan fingerprint density at radius 3 is 2.65 bits per heavy atom. The number of carbonyl (C=O) groups excluding carboxylic acids is 2. The first kappa shape index (κ1) is 12.9. The van der Waals surface area contributed by atoms with Crippen LogP contribution in [0, 0.1) is 5.92 Å². The quantitative estimate of drug-likeness (QED) is 0.839. The first-order chi connectivity index (χ1) is 8.25. The molecule has 0 spiro atoms. The molecule has 4 heteroatoms. The molecule has 1 heterocycles. The molecule has 1 atom stereocenters. The molecule has 1 aliphatic heterocycles. The highest BCUT2D eigenvalue weighted by Gasteiger charge is 2.26. The van der Waals surface area contributed by atoms with Gasteiger partial charge >= 0.3 is 0 Å². The molecule has 3 nitrogen and oxygen atoms in total. The molecule has 0 aromatic carbocycles. The van der Waals surface area contributed by atoms with Crippen molar-refractivity contribution in [3.63, 3.8) is 0 Å². The molecule has 0 aromatic heterocycles. The van der Waals surface area contributed by atoms with Crippen molar-refractivity contribution >= 4 is 22.8 Å². The summed E-state index contributed by atoms with van der Waals surface area (Å²) >= 11 is 1.34. The fourth-order valence-electron chi connectivity index (χ4n) is 2.70. The normalized spacial score (nSPS) is 26.1. The molecular weight excluding hydrogens is 234 g/mol. The lowest BCUT2D eigenvalue weighted by molar-refractivity contribution is -0.124. The molecule has 1 saturated carbocycles. The molecule has 0 unspecified atom stereocenters. The van der Waals surface area contributed by atoms with Crippen LogP contribution in [0.2, 0.25) is 0 Å². The van der Waals surface area contributed by atoms with Crippen molar-refractivity contribution < 1.29 is 9.59 Å². The first-order valence-electron chi connectivity index (χ1n) is 6.71. The van der Waals surface area contributed by atoms with Crippen LogP contribution < -0.4 is 5.32 Å². The van der Waals surface area contributed by atoms with Gasteiger partial charge in [0.1, 0.15) is 0 Å². The standard InChI is InChI=1S/C13H21NO2S/c15-12(14-11-8-9-17-13(11)16)7-6-10-4-2-1-3-5-10/h10-11H,1-9H2,(H,14,15)/t11-/m1/s1. The van der Waals surface area contributed by atoms with E-state index in [1.165, 1.54) is 43.9 Å². The van der Waals surface area contributed by atoms with Crippen LogP contribution in [0.3, 0.4) is 0 Å². The number of hydrogen-bond donors (Lipinski definition) is 1. The second-order valence-corrected chi connectivity index (χ2v) is 6.22. The van der Waals surface area contributed by atoms with Gasteiger partial charge in [0.15, 0.2) is 0 Å². The number of amides is 1. The van der Waals surface area contributed by atoms with Crippen molar-refractivity contribution in [1.29, 1.82) is 0 Å². The second kappa shape index (κ2) is 6.43. The molecular formula is C13H21NO2S. The Kier molecular flexibility index (Phi) is 4.89. The van der Waals surface area contributed by atoms with E-state index < -0.39 is 0 Å². The summed E-state index contributed by atoms with van der Waals surface area (Å²) in [6, 6.07) is -0.209. The Hall–Kier alpha value is -0.510. The Labute approximate surface area is 107 Å². The maximum Gasteiger partial charge on any atom is 0.220 e. The summed E-state index contributed by atoms with van der Waals surface area (Å²) in [6.07, 6.45) is 8.97. The molecule has 1 N–H and O–H groups in total. The molecule has 1 saturated heterocycles. The van der Waals surface area contributed by atoms with E-state index in [1.54, 1.807) is 0 Å². The highest BCUT2D eigenvalue weighted by Crippen LogP contribution is 2.27. The summed E-state index contributed by atoms with van der Waals surface area (Å²) in [5.41, 5.74) is 0. The molecule has 1 amide bonds. The number of hydrogen-bond acceptors (Lipinski definition) is 3. The van der Waals surface area contributed by atoms with Gasteiger partial charge in [0.25, 0.3) is 0 Å². The molecule has 1 aliphatic carbocycles. The van der Waals surface area contributed by atoms with E-state index in [4.69, 9.17) is 0 Å². The van der Waals surface area contributed by atoms with Gasteiger partial charge in [0, 0.05) is 12.2 Å². The van der Waals surface area contributed by atoms with Crippen LogP contribution in [0.5, 0.6) is 0 Å². The lowest BCUT2D eigenvalue weighted by Crippen LogP contribution is -2.37. The van der Waals surface area contributed by atoms with Crippen LogP contribution in [-0.4, -0.2) is 22.8 Å². The minimum Gasteiger partial charge on any atom is -0.345 e. The van der Waals surface area contributed by atoms with Crippen molar-refractivity contribution in [3.8, 4) is 0 Å². The van der Waals surface area contributed by atoms with Gasteiger partial charge in [-0.2, -0.15) is 0 Å². The molecule has 96 valence electrons. The van der Waals surface area contributed by atoms with Crippen LogP contribution in [0.25, 0.3) is 0 Å². The maximum atomic E-state index is 11.7. The van der Waals surface area contributed by atoms with Gasteiger partial charge in [-0.3, -0.25) is 9.59 Å². The molecule has 2 rings (SSSR count). The number of thioether (sulfide) groups is 1. The van der Waals surface area contributed by atoms with Gasteiger partial charge < -0.3 is 5.32 Å². The summed E-state index contributed by atoms with van der Waals surface area (Å²) in [7, 11) is 0. The van der Waals surface area contributed by atoms with Gasteiger partial charge in [0.2, 0.25) is 11.0 Å². The van der Waals surface area contributed by atoms with Crippen LogP contribution >= 0.6 is 11.8 Å². The molecule has 2 fully saturated rings. The van der Waals surface area contributed by atoms with Crippen LogP contribution in [-0.2, 0) is 9.59 Å². The monoisotopic (exact) mass is 255 g/mol. The smallest absolute Gasteiger partial charge is 0.220 e. The molecule has 0 aromatic rings. The third-order valence-electron chi connectivity index (χ3n) is 3.77. The first-order valence-corrected chi connectivity index (χ1v) is 7.70. The molecule has 17 heavy (non-hydrogen) atoms. The number of rotatable bonds is 4. The Balaban J connectivity index is 1.64. The van der Waals surface area contributed by atoms with Crippen molar-refractivity contribution in [2.45, 2.75) is 57.4 Å². The predicted molar refractivity (Wildman–Crippen MR) is 69.8 cm³/mol. The van der Waals surface area contributed by atoms with Crippen molar-refractivity contribution in [2.75, 3.05) is 5.75 Å². The second-order valence-electron chi connectivity index (χ2n) is 5.12. The van der Waals surface area contributed by atoms with Crippen molar-refractivity contribution in [3.05, 3.63) is 0 Å². The van der Waals surface area contributed by atoms with Crippen LogP contribution in [0.4, 0.5) is 0 Å². The zero-order valence-corrected chi connectivity index (χ0v) is 11.1. The van der Waals surface area contributed by atoms with E-state index in [-0.39, 0.29) is 17.1 Å². The lowest BCUT2D eigenvalue weighted by atomic mass is 9.86. The summed E-state index contributed by atoms with van der Waals surface area (Å²) in [4.78, 5) is 23.1. The lowest BCUT2D eigenvalue weighted by Gasteiger charge is -2.21. The molecule has 2 aliphatic rings. The van der Waals surface area contributed by atoms with Gasteiger partial charge in [-0.15, -0.1) is 0 Å². The molecule has 0 radical (unpaired) electrons. The van der Waals surface area contributed by atoms with Gasteiger partial charge in [-0.25, -0.2) is 0 Å². The topological polar surface area (TPSA) is 46.2 Å². The average Bonchev–Trinajstić information content (AvgIpc) is 2.74. The minimum atomic E-state index is -0.209. The van der Waals surface area contributed by atoms with Gasteiger partial charge in [-0.05, 0) is 18.8 Å². The Morgan fingerprint density at radius 2 is 2.00 bits per heavy atom. The van der Waals surface area contributed by atoms with E-state index >= 15 is 0 Å². The van der Waals surface area contributed by atoms with Gasteiger partial charge in [0.05, 0.1) is 6.04 Å². The average molecular weight is 255 g/mol. The minimum absolute atomic E-state index is 0.0661. The summed E-state index contributed by atoms with van der Waals surface area (Å²) < 4.78 is 0. The predicted octanol–water partition coefficient (Wildman–Crippen LogP) is 2.50. The zero-order chi connectivity index (χ0) is 12.1. The highest BCUT2D eigenvalue weighted by molar-refractivity contribution is 8.14. The highest BCUT2D eigenvalue weighted by atomic mass is 32.2. The summed E-state index contributed by atoms with van der Waals surface area (Å²) in [5, 5.41) is 2.99. The molecule has 0 bridgehead atoms. The van der Waals surface area contributed by atoms with E-state index in [1.807, 2.05) is 0 Å². The number of nitrogens with one attached hydrogen (secondary N) is 1. The summed E-state index contributed by atoms with van der Waals surface area (Å²) in [6.45, 7) is 0. The maximum absolute atomic E-state index is 11.7. The Bertz CT molecular complexity index is 287. The van der Waals surface area contributed by atoms with E-state index in [0.29, 0.717) is 6.42 Å². The van der Waals surface area contributed by atoms with Crippen molar-refractivity contribution in [1.82, 2.24) is 5.32 Å². The van der Waals surface area contributed by atoms with E-state index in [9.17, 15) is 9.59 Å². The van der Waals surface area contributed by atoms with Crippen molar-refractivity contribution in [2.24, 2.45) is 5.92 Å². The third kappa shape index (κ3) is 4.02. The largest absolute Gasteiger partial charge is 0.345 e. The fraction of sp³-hybridized carbons (Fsp3) is 0.846. The fourth-order valence-corrected chi connectivity index (χ4v) is 3.64. The van der Waals surface area contributed by atoms with Gasteiger partial charge in [-0.1, -0.05) is 43.9 Å². The van der Waals surface area contributed by atoms with Crippen LogP contribution in [0.1, 0.15) is 51.4 Å². The van der Waals surface area contributed by atoms with Crippen LogP contribution in [0.15, 0.2) is 0 Å². The summed E-state index contributed by atoms with van der Waals surface area (Å²) in [5.74, 6) is 1.66. The SMILES string of the molecule is O=C(CCC1CCCCC1)N[C@@H]1CCSC1=O. The Morgan fingerprint density at radius 1 is 1.24 bits per heavy atom. The van der Waals surface area contributed by atoms with E-state index in [2.05, 4.69) is 5.32 Å².